The van der Waals surface area contributed by atoms with E-state index in [0.717, 1.165) is 28.3 Å². The zero-order chi connectivity index (χ0) is 80.4. The molecule has 562 valence electrons. The molecule has 0 radical (unpaired) electrons. The van der Waals surface area contributed by atoms with Gasteiger partial charge in [-0.3, -0.25) is 29.5 Å². The number of ketones is 2. The number of anilines is 4. The molecule has 0 aliphatic rings. The Labute approximate surface area is 648 Å². The van der Waals surface area contributed by atoms with Crippen LogP contribution in [0.2, 0.25) is 15.5 Å². The number of nitriles is 1. The van der Waals surface area contributed by atoms with Crippen molar-refractivity contribution in [2.75, 3.05) is 22.9 Å². The van der Waals surface area contributed by atoms with Crippen molar-refractivity contribution in [2.45, 2.75) is 59.9 Å². The molecule has 9 heterocycles. The van der Waals surface area contributed by atoms with E-state index in [1.54, 1.807) is 116 Å². The minimum atomic E-state index is -1.39. The molecule has 9 aromatic heterocycles. The van der Waals surface area contributed by atoms with Crippen LogP contribution in [0.4, 0.5) is 40.8 Å². The first-order valence-electron chi connectivity index (χ1n) is 33.1. The van der Waals surface area contributed by atoms with Gasteiger partial charge < -0.3 is 43.8 Å². The molecule has 25 nitrogen and oxygen atoms in total. The summed E-state index contributed by atoms with van der Waals surface area (Å²) in [5.74, 6) is -1.91. The van der Waals surface area contributed by atoms with Gasteiger partial charge in [0.1, 0.15) is 81.0 Å². The Kier molecular flexibility index (Phi) is 30.3. The van der Waals surface area contributed by atoms with Crippen molar-refractivity contribution < 1.29 is 47.1 Å². The number of hydrogen-bond donors (Lipinski definition) is 8. The molecule has 13 rings (SSSR count). The molecule has 13 aromatic rings. The van der Waals surface area contributed by atoms with Crippen LogP contribution in [0.1, 0.15) is 89.9 Å². The zero-order valence-electron chi connectivity index (χ0n) is 59.4. The quantitative estimate of drug-likeness (QED) is 0.0253. The summed E-state index contributed by atoms with van der Waals surface area (Å²) >= 11 is 18.0. The van der Waals surface area contributed by atoms with Gasteiger partial charge in [-0.15, -0.1) is 0 Å². The number of aromatic carboxylic acids is 1. The molecule has 13 N–H and O–H groups in total. The first kappa shape index (κ1) is 83.6. The van der Waals surface area contributed by atoms with E-state index in [-0.39, 0.29) is 104 Å². The van der Waals surface area contributed by atoms with Crippen molar-refractivity contribution in [1.82, 2.24) is 64.8 Å². The molecule has 0 spiro atoms. The SMILES string of the molecule is Cc1cc(-c2nc(CCC(=O)c3ccccn3)c(N)nc2-c2ccc(F)cc2)cc(C)n1.Cc1cc(B(O)O)cc(C)n1.N#Cc1nc(Cl)c(-c2ccc(F)cc2)nc1N.NCc1nc(Cl)c(-c2ccc(F)cc2)nc1N.Nc1nc(-c2ccc(F)cc2)c(Cl)nc1CCC(=O)c1ccccn1.O=C(O)c1ccccn1. The summed E-state index contributed by atoms with van der Waals surface area (Å²) in [4.78, 5) is 88.9. The molecule has 111 heavy (non-hydrogen) atoms. The van der Waals surface area contributed by atoms with E-state index < -0.39 is 13.1 Å². The Morgan fingerprint density at radius 1 is 0.414 bits per heavy atom. The van der Waals surface area contributed by atoms with Gasteiger partial charge >= 0.3 is 13.1 Å². The molecule has 0 aliphatic carbocycles. The number of Topliss-reactive ketones (excluding diaryl/α,β-unsaturated/α-hetero) is 2. The van der Waals surface area contributed by atoms with Crippen molar-refractivity contribution in [3.63, 3.8) is 0 Å². The predicted octanol–water partition coefficient (Wildman–Crippen LogP) is 13.0. The number of carboxylic acids is 1. The van der Waals surface area contributed by atoms with Crippen molar-refractivity contribution >= 4 is 88.2 Å². The molecular weight excluding hydrogens is 1490 g/mol. The Morgan fingerprint density at radius 2 is 0.739 bits per heavy atom. The number of pyridine rings is 5. The highest BCUT2D eigenvalue weighted by atomic mass is 35.5. The average Bonchev–Trinajstić information content (AvgIpc) is 0.790. The van der Waals surface area contributed by atoms with Gasteiger partial charge in [0, 0.05) is 101 Å². The lowest BCUT2D eigenvalue weighted by Crippen LogP contribution is -2.30. The average molecular weight is 1560 g/mol. The van der Waals surface area contributed by atoms with Crippen LogP contribution in [0.5, 0.6) is 0 Å². The largest absolute Gasteiger partial charge is 0.488 e. The summed E-state index contributed by atoms with van der Waals surface area (Å²) in [6.45, 7) is 7.62. The highest BCUT2D eigenvalue weighted by Gasteiger charge is 2.21. The number of benzene rings is 4. The fourth-order valence-electron chi connectivity index (χ4n) is 10.1. The number of carbonyl (C=O) groups excluding carboxylic acids is 2. The molecule has 4 aromatic carbocycles. The highest BCUT2D eigenvalue weighted by molar-refractivity contribution is 6.58. The maximum atomic E-state index is 13.5. The third-order valence-electron chi connectivity index (χ3n) is 15.3. The number of carboxylic acid groups (broad SMARTS) is 1. The number of carbonyl (C=O) groups is 3. The number of nitrogens with zero attached hydrogens (tertiary/aromatic N) is 14. The molecule has 0 amide bonds. The Balaban J connectivity index is 0.000000175. The monoisotopic (exact) mass is 1560 g/mol. The van der Waals surface area contributed by atoms with Gasteiger partial charge in [-0.2, -0.15) is 5.26 Å². The minimum Gasteiger partial charge on any atom is -0.477 e. The normalized spacial score (nSPS) is 10.4. The Hall–Kier alpha value is -13.0. The second-order valence-corrected chi connectivity index (χ2v) is 24.6. The number of nitrogen functional groups attached to an aromatic ring is 4. The van der Waals surface area contributed by atoms with Gasteiger partial charge in [0.2, 0.25) is 0 Å². The lowest BCUT2D eigenvalue weighted by molar-refractivity contribution is 0.0689. The first-order valence-corrected chi connectivity index (χ1v) is 34.3. The highest BCUT2D eigenvalue weighted by Crippen LogP contribution is 2.34. The van der Waals surface area contributed by atoms with Gasteiger partial charge in [-0.25, -0.2) is 67.2 Å². The van der Waals surface area contributed by atoms with E-state index >= 15 is 0 Å². The van der Waals surface area contributed by atoms with Gasteiger partial charge in [-0.1, -0.05) is 53.0 Å². The van der Waals surface area contributed by atoms with E-state index in [1.807, 2.05) is 39.8 Å². The van der Waals surface area contributed by atoms with Gasteiger partial charge in [-0.05, 0) is 191 Å². The first-order chi connectivity index (χ1) is 53.1. The predicted molar refractivity (Wildman–Crippen MR) is 416 cm³/mol. The summed E-state index contributed by atoms with van der Waals surface area (Å²) in [5.41, 5.74) is 40.5. The summed E-state index contributed by atoms with van der Waals surface area (Å²) in [6.07, 6.45) is 5.64. The van der Waals surface area contributed by atoms with E-state index in [2.05, 4.69) is 59.8 Å². The van der Waals surface area contributed by atoms with Crippen LogP contribution in [-0.2, 0) is 19.4 Å². The third-order valence-corrected chi connectivity index (χ3v) is 16.1. The Morgan fingerprint density at radius 3 is 1.09 bits per heavy atom. The second kappa shape index (κ2) is 40.3. The molecule has 0 unspecified atom stereocenters. The molecular formula is C78H67BCl3F4N19O6. The number of hydrogen-bond acceptors (Lipinski definition) is 24. The maximum Gasteiger partial charge on any atom is 0.488 e. The zero-order valence-corrected chi connectivity index (χ0v) is 61.7. The van der Waals surface area contributed by atoms with E-state index in [9.17, 15) is 31.9 Å². The van der Waals surface area contributed by atoms with E-state index in [1.165, 1.54) is 72.9 Å². The fourth-order valence-corrected chi connectivity index (χ4v) is 10.8. The van der Waals surface area contributed by atoms with Crippen molar-refractivity contribution in [3.05, 3.63) is 296 Å². The van der Waals surface area contributed by atoms with Crippen molar-refractivity contribution in [1.29, 1.82) is 5.26 Å². The summed E-state index contributed by atoms with van der Waals surface area (Å²) in [6, 6.07) is 47.2. The lowest BCUT2D eigenvalue weighted by atomic mass is 9.80. The smallest absolute Gasteiger partial charge is 0.477 e. The lowest BCUT2D eigenvalue weighted by Gasteiger charge is -2.14. The van der Waals surface area contributed by atoms with Crippen LogP contribution in [0.25, 0.3) is 56.3 Å². The van der Waals surface area contributed by atoms with Crippen molar-refractivity contribution in [2.24, 2.45) is 5.73 Å². The molecule has 0 bridgehead atoms. The van der Waals surface area contributed by atoms with E-state index in [0.29, 0.717) is 97.5 Å². The van der Waals surface area contributed by atoms with Crippen LogP contribution < -0.4 is 34.1 Å². The summed E-state index contributed by atoms with van der Waals surface area (Å²) < 4.78 is 52.1. The standard InChI is InChI=1S/C25H22FN5O.C18H14ClFN4O.C11H10ClFN4.C11H6ClFN4.C7H10BNO2.C6H5NO2/c1-15-13-18(14-16(2)29-15)24-23(17-6-8-19(26)9-7-17)31-25(27)21(30-24)10-11-22(32)20-5-3-4-12-28-20;19-17-16(11-4-6-12(20)7-5-11)24-18(21)14(23-17)8-9-15(25)13-3-1-2-10-22-13;2*12-10-9(6-1-3-7(13)4-2-6)17-11(15)8(5-14)16-10;1-5-3-7(8(10)11)4-6(2)9-5;8-6(9)5-3-1-2-4-7-5/h3-9,12-14H,10-11H2,1-2H3,(H2,27,31);1-7,10H,8-9H2,(H2,21,24);1-4H,5,14H2,(H2,15,17);1-4H,(H2,15,17);3-4,10-11H,1-2H3;1-4H,(H,8,9). The van der Waals surface area contributed by atoms with E-state index in [4.69, 9.17) is 88.9 Å². The number of nitrogens with two attached hydrogens (primary N) is 5. The van der Waals surface area contributed by atoms with Gasteiger partial charge in [0.05, 0.1) is 28.5 Å². The van der Waals surface area contributed by atoms with Crippen LogP contribution >= 0.6 is 34.8 Å². The van der Waals surface area contributed by atoms with Crippen LogP contribution in [0.3, 0.4) is 0 Å². The molecule has 0 saturated heterocycles. The minimum absolute atomic E-state index is 0.00350. The molecule has 33 heteroatoms. The fraction of sp³-hybridized carbons (Fsp3) is 0.115. The molecule has 0 fully saturated rings. The summed E-state index contributed by atoms with van der Waals surface area (Å²) in [5, 5.41) is 35.0. The Bertz CT molecular complexity index is 5390. The topological polar surface area (TPSA) is 433 Å². The van der Waals surface area contributed by atoms with Gasteiger partial charge in [0.15, 0.2) is 38.5 Å². The van der Waals surface area contributed by atoms with Crippen LogP contribution in [-0.4, -0.2) is 105 Å². The summed E-state index contributed by atoms with van der Waals surface area (Å²) in [7, 11) is -1.39. The second-order valence-electron chi connectivity index (χ2n) is 23.6. The maximum absolute atomic E-state index is 13.5. The van der Waals surface area contributed by atoms with Crippen LogP contribution in [0.15, 0.2) is 195 Å². The molecule has 0 aliphatic heterocycles. The number of aryl methyl sites for hydroxylation is 6. The number of aromatic nitrogens is 13. The van der Waals surface area contributed by atoms with Crippen molar-refractivity contribution in [3.8, 4) is 62.4 Å². The number of rotatable bonds is 16. The molecule has 0 atom stereocenters. The number of halogens is 7. The van der Waals surface area contributed by atoms with Crippen LogP contribution in [0, 0.1) is 62.3 Å². The van der Waals surface area contributed by atoms with Gasteiger partial charge in [0.25, 0.3) is 0 Å². The third kappa shape index (κ3) is 24.5. The molecule has 0 saturated carbocycles.